The first-order valence-corrected chi connectivity index (χ1v) is 9.60. The predicted octanol–water partition coefficient (Wildman–Crippen LogP) is 4.83. The number of carbonyl (C=O) groups is 1. The minimum atomic E-state index is -0.517. The molecule has 1 aliphatic rings. The van der Waals surface area contributed by atoms with Crippen LogP contribution in [0.3, 0.4) is 0 Å². The van der Waals surface area contributed by atoms with Gasteiger partial charge in [-0.05, 0) is 81.7 Å². The molecule has 0 saturated carbocycles. The fourth-order valence-electron chi connectivity index (χ4n) is 3.82. The van der Waals surface area contributed by atoms with Crippen LogP contribution in [0.25, 0.3) is 0 Å². The maximum absolute atomic E-state index is 12.6. The van der Waals surface area contributed by atoms with Crippen molar-refractivity contribution in [3.63, 3.8) is 0 Å². The molecule has 0 unspecified atom stereocenters. The van der Waals surface area contributed by atoms with E-state index in [0.717, 1.165) is 24.2 Å². The SMILES string of the molecule is Cc1ccc([C@H](C)NC(=O)[C@@H](C)Oc2cccc3c2CCCC3)c(C)c1. The van der Waals surface area contributed by atoms with Crippen molar-refractivity contribution in [1.29, 1.82) is 0 Å². The second-order valence-electron chi connectivity index (χ2n) is 7.45. The van der Waals surface area contributed by atoms with Crippen LogP contribution in [0.4, 0.5) is 0 Å². The van der Waals surface area contributed by atoms with Crippen molar-refractivity contribution >= 4 is 5.91 Å². The summed E-state index contributed by atoms with van der Waals surface area (Å²) in [6, 6.07) is 12.5. The van der Waals surface area contributed by atoms with Gasteiger partial charge in [0.1, 0.15) is 5.75 Å². The average Bonchev–Trinajstić information content (AvgIpc) is 2.61. The third-order valence-corrected chi connectivity index (χ3v) is 5.28. The van der Waals surface area contributed by atoms with Gasteiger partial charge in [0.15, 0.2) is 6.10 Å². The Balaban J connectivity index is 1.67. The van der Waals surface area contributed by atoms with E-state index in [1.807, 2.05) is 26.0 Å². The highest BCUT2D eigenvalue weighted by atomic mass is 16.5. The molecule has 1 aliphatic carbocycles. The van der Waals surface area contributed by atoms with Crippen LogP contribution >= 0.6 is 0 Å². The molecule has 0 heterocycles. The van der Waals surface area contributed by atoms with Crippen molar-refractivity contribution < 1.29 is 9.53 Å². The Bertz CT molecular complexity index is 797. The Morgan fingerprint density at radius 1 is 1.08 bits per heavy atom. The van der Waals surface area contributed by atoms with E-state index in [-0.39, 0.29) is 11.9 Å². The molecule has 2 atom stereocenters. The van der Waals surface area contributed by atoms with Crippen LogP contribution in [0.15, 0.2) is 36.4 Å². The van der Waals surface area contributed by atoms with E-state index in [4.69, 9.17) is 4.74 Å². The van der Waals surface area contributed by atoms with Crippen LogP contribution in [0, 0.1) is 13.8 Å². The van der Waals surface area contributed by atoms with Crippen molar-refractivity contribution in [2.75, 3.05) is 0 Å². The molecule has 2 aromatic carbocycles. The normalized spacial score (nSPS) is 15.7. The maximum atomic E-state index is 12.6. The van der Waals surface area contributed by atoms with Crippen molar-refractivity contribution in [1.82, 2.24) is 5.32 Å². The molecule has 3 nitrogen and oxygen atoms in total. The van der Waals surface area contributed by atoms with E-state index in [9.17, 15) is 4.79 Å². The molecule has 2 aromatic rings. The summed E-state index contributed by atoms with van der Waals surface area (Å²) in [5.74, 6) is 0.787. The number of carbonyl (C=O) groups excluding carboxylic acids is 1. The Labute approximate surface area is 156 Å². The molecule has 3 rings (SSSR count). The van der Waals surface area contributed by atoms with E-state index in [2.05, 4.69) is 43.4 Å². The molecular formula is C23H29NO2. The molecule has 1 amide bonds. The summed E-state index contributed by atoms with van der Waals surface area (Å²) in [6.07, 6.45) is 4.06. The van der Waals surface area contributed by atoms with Gasteiger partial charge in [-0.25, -0.2) is 0 Å². The van der Waals surface area contributed by atoms with Gasteiger partial charge < -0.3 is 10.1 Å². The Hall–Kier alpha value is -2.29. The number of rotatable bonds is 5. The zero-order valence-corrected chi connectivity index (χ0v) is 16.3. The molecular weight excluding hydrogens is 322 g/mol. The second kappa shape index (κ2) is 7.94. The smallest absolute Gasteiger partial charge is 0.261 e. The lowest BCUT2D eigenvalue weighted by Gasteiger charge is -2.23. The summed E-state index contributed by atoms with van der Waals surface area (Å²) in [6.45, 7) is 8.01. The summed E-state index contributed by atoms with van der Waals surface area (Å²) >= 11 is 0. The third kappa shape index (κ3) is 4.09. The average molecular weight is 351 g/mol. The largest absolute Gasteiger partial charge is 0.481 e. The number of ether oxygens (including phenoxy) is 1. The Kier molecular flexibility index (Phi) is 5.65. The van der Waals surface area contributed by atoms with E-state index in [1.54, 1.807) is 0 Å². The van der Waals surface area contributed by atoms with Gasteiger partial charge in [-0.3, -0.25) is 4.79 Å². The van der Waals surface area contributed by atoms with Crippen molar-refractivity contribution in [3.05, 3.63) is 64.2 Å². The highest BCUT2D eigenvalue weighted by Crippen LogP contribution is 2.30. The summed E-state index contributed by atoms with van der Waals surface area (Å²) in [5.41, 5.74) is 6.22. The predicted molar refractivity (Wildman–Crippen MR) is 106 cm³/mol. The first-order chi connectivity index (χ1) is 12.5. The van der Waals surface area contributed by atoms with E-state index < -0.39 is 6.10 Å². The van der Waals surface area contributed by atoms with Gasteiger partial charge in [-0.15, -0.1) is 0 Å². The third-order valence-electron chi connectivity index (χ3n) is 5.28. The lowest BCUT2D eigenvalue weighted by atomic mass is 9.91. The molecule has 0 aliphatic heterocycles. The fraction of sp³-hybridized carbons (Fsp3) is 0.435. The van der Waals surface area contributed by atoms with Gasteiger partial charge in [0.2, 0.25) is 0 Å². The number of hydrogen-bond donors (Lipinski definition) is 1. The zero-order valence-electron chi connectivity index (χ0n) is 16.3. The maximum Gasteiger partial charge on any atom is 0.261 e. The molecule has 3 heteroatoms. The summed E-state index contributed by atoms with van der Waals surface area (Å²) in [5, 5.41) is 3.09. The summed E-state index contributed by atoms with van der Waals surface area (Å²) < 4.78 is 6.05. The fourth-order valence-corrected chi connectivity index (χ4v) is 3.82. The molecule has 0 saturated heterocycles. The molecule has 0 spiro atoms. The van der Waals surface area contributed by atoms with E-state index >= 15 is 0 Å². The topological polar surface area (TPSA) is 38.3 Å². The molecule has 0 aromatic heterocycles. The number of fused-ring (bicyclic) bond motifs is 1. The second-order valence-corrected chi connectivity index (χ2v) is 7.45. The van der Waals surface area contributed by atoms with Gasteiger partial charge >= 0.3 is 0 Å². The Morgan fingerprint density at radius 2 is 1.85 bits per heavy atom. The minimum absolute atomic E-state index is 0.0427. The molecule has 1 N–H and O–H groups in total. The monoisotopic (exact) mass is 351 g/mol. The number of nitrogens with one attached hydrogen (secondary N) is 1. The zero-order chi connectivity index (χ0) is 18.7. The van der Waals surface area contributed by atoms with Crippen LogP contribution in [0.5, 0.6) is 5.75 Å². The number of hydrogen-bond acceptors (Lipinski definition) is 2. The van der Waals surface area contributed by atoms with Gasteiger partial charge in [-0.2, -0.15) is 0 Å². The standard InChI is InChI=1S/C23H29NO2/c1-15-12-13-20(16(2)14-15)17(3)24-23(25)18(4)26-22-11-7-9-19-8-5-6-10-21(19)22/h7,9,11-14,17-18H,5-6,8,10H2,1-4H3,(H,24,25)/t17-,18+/m0/s1. The van der Waals surface area contributed by atoms with Crippen LogP contribution in [-0.2, 0) is 17.6 Å². The molecule has 138 valence electrons. The minimum Gasteiger partial charge on any atom is -0.481 e. The lowest BCUT2D eigenvalue weighted by Crippen LogP contribution is -2.38. The van der Waals surface area contributed by atoms with E-state index in [1.165, 1.54) is 35.1 Å². The number of aryl methyl sites for hydroxylation is 3. The highest BCUT2D eigenvalue weighted by molar-refractivity contribution is 5.81. The molecule has 0 radical (unpaired) electrons. The van der Waals surface area contributed by atoms with Crippen molar-refractivity contribution in [2.45, 2.75) is 65.5 Å². The first-order valence-electron chi connectivity index (χ1n) is 9.60. The first kappa shape index (κ1) is 18.5. The Morgan fingerprint density at radius 3 is 2.62 bits per heavy atom. The molecule has 26 heavy (non-hydrogen) atoms. The van der Waals surface area contributed by atoms with Crippen LogP contribution in [-0.4, -0.2) is 12.0 Å². The molecule has 0 bridgehead atoms. The molecule has 0 fully saturated rings. The summed E-state index contributed by atoms with van der Waals surface area (Å²) in [4.78, 5) is 12.6. The van der Waals surface area contributed by atoms with Crippen LogP contribution in [0.1, 0.15) is 60.5 Å². The van der Waals surface area contributed by atoms with Crippen molar-refractivity contribution in [3.8, 4) is 5.75 Å². The van der Waals surface area contributed by atoms with Crippen LogP contribution in [0.2, 0.25) is 0 Å². The van der Waals surface area contributed by atoms with Crippen LogP contribution < -0.4 is 10.1 Å². The van der Waals surface area contributed by atoms with Gasteiger partial charge in [-0.1, -0.05) is 35.9 Å². The summed E-state index contributed by atoms with van der Waals surface area (Å²) in [7, 11) is 0. The van der Waals surface area contributed by atoms with Gasteiger partial charge in [0.05, 0.1) is 6.04 Å². The van der Waals surface area contributed by atoms with Gasteiger partial charge in [0.25, 0.3) is 5.91 Å². The number of benzene rings is 2. The highest BCUT2D eigenvalue weighted by Gasteiger charge is 2.21. The lowest BCUT2D eigenvalue weighted by molar-refractivity contribution is -0.127. The van der Waals surface area contributed by atoms with Gasteiger partial charge in [0, 0.05) is 0 Å². The number of amides is 1. The van der Waals surface area contributed by atoms with Crippen molar-refractivity contribution in [2.24, 2.45) is 0 Å². The quantitative estimate of drug-likeness (QED) is 0.838. The van der Waals surface area contributed by atoms with E-state index in [0.29, 0.717) is 0 Å².